The van der Waals surface area contributed by atoms with Crippen LogP contribution in [0, 0.1) is 5.92 Å². The van der Waals surface area contributed by atoms with E-state index < -0.39 is 6.43 Å². The molecule has 1 aliphatic rings. The van der Waals surface area contributed by atoms with E-state index in [0.29, 0.717) is 22.4 Å². The first-order valence-corrected chi connectivity index (χ1v) is 6.07. The molecule has 2 nitrogen and oxygen atoms in total. The summed E-state index contributed by atoms with van der Waals surface area (Å²) in [5.74, 6) is 1.18. The number of nitrogens with one attached hydrogen (secondary N) is 1. The molecule has 1 aromatic rings. The second-order valence-electron chi connectivity index (χ2n) is 4.18. The van der Waals surface area contributed by atoms with Crippen LogP contribution in [0.2, 0.25) is 0 Å². The van der Waals surface area contributed by atoms with Gasteiger partial charge >= 0.3 is 0 Å². The van der Waals surface area contributed by atoms with Gasteiger partial charge in [0.15, 0.2) is 0 Å². The molecule has 88 valence electrons. The molecule has 1 aromatic heterocycles. The number of alkyl halides is 2. The molecule has 5 heteroatoms. The number of aromatic nitrogens is 1. The van der Waals surface area contributed by atoms with E-state index in [9.17, 15) is 8.78 Å². The van der Waals surface area contributed by atoms with Crippen LogP contribution >= 0.6 is 15.9 Å². The molecule has 0 saturated heterocycles. The first-order chi connectivity index (χ1) is 7.56. The molecule has 0 amide bonds. The zero-order valence-corrected chi connectivity index (χ0v) is 10.5. The largest absolute Gasteiger partial charge is 0.367 e. The number of pyridine rings is 1. The Labute approximate surface area is 102 Å². The summed E-state index contributed by atoms with van der Waals surface area (Å²) in [7, 11) is 0. The zero-order valence-electron chi connectivity index (χ0n) is 8.88. The van der Waals surface area contributed by atoms with Gasteiger partial charge in [-0.25, -0.2) is 13.8 Å². The summed E-state index contributed by atoms with van der Waals surface area (Å²) in [6.45, 7) is 2.06. The summed E-state index contributed by atoms with van der Waals surface area (Å²) in [4.78, 5) is 4.14. The molecule has 1 atom stereocenters. The Morgan fingerprint density at radius 2 is 2.12 bits per heavy atom. The van der Waals surface area contributed by atoms with E-state index in [1.807, 2.05) is 0 Å². The Bertz CT molecular complexity index is 380. The van der Waals surface area contributed by atoms with Gasteiger partial charge < -0.3 is 5.32 Å². The van der Waals surface area contributed by atoms with Gasteiger partial charge in [-0.05, 0) is 53.7 Å². The molecular formula is C11H13BrF2N2. The molecule has 1 N–H and O–H groups in total. The van der Waals surface area contributed by atoms with E-state index in [2.05, 4.69) is 33.2 Å². The lowest BCUT2D eigenvalue weighted by molar-refractivity contribution is 0.151. The summed E-state index contributed by atoms with van der Waals surface area (Å²) < 4.78 is 25.6. The summed E-state index contributed by atoms with van der Waals surface area (Å²) in [5.41, 5.74) is -0.00706. The topological polar surface area (TPSA) is 24.9 Å². The monoisotopic (exact) mass is 290 g/mol. The quantitative estimate of drug-likeness (QED) is 0.848. The van der Waals surface area contributed by atoms with Gasteiger partial charge in [0.25, 0.3) is 6.43 Å². The zero-order chi connectivity index (χ0) is 11.7. The normalized spacial score (nSPS) is 17.6. The van der Waals surface area contributed by atoms with E-state index in [0.717, 1.165) is 0 Å². The van der Waals surface area contributed by atoms with Gasteiger partial charge in [-0.2, -0.15) is 0 Å². The SMILES string of the molecule is C[C@H](Nc1cc(C(F)F)cc(Br)n1)C1CC1. The summed E-state index contributed by atoms with van der Waals surface area (Å²) >= 11 is 3.14. The van der Waals surface area contributed by atoms with Crippen LogP contribution in [0.1, 0.15) is 31.8 Å². The lowest BCUT2D eigenvalue weighted by Gasteiger charge is -2.14. The minimum Gasteiger partial charge on any atom is -0.367 e. The second kappa shape index (κ2) is 4.65. The van der Waals surface area contributed by atoms with Gasteiger partial charge in [-0.15, -0.1) is 0 Å². The molecule has 0 unspecified atom stereocenters. The van der Waals surface area contributed by atoms with E-state index >= 15 is 0 Å². The van der Waals surface area contributed by atoms with Gasteiger partial charge in [0.05, 0.1) is 0 Å². The highest BCUT2D eigenvalue weighted by molar-refractivity contribution is 9.10. The summed E-state index contributed by atoms with van der Waals surface area (Å²) in [6, 6.07) is 3.05. The number of anilines is 1. The Morgan fingerprint density at radius 1 is 1.44 bits per heavy atom. The molecular weight excluding hydrogens is 278 g/mol. The van der Waals surface area contributed by atoms with Crippen LogP contribution in [0.3, 0.4) is 0 Å². The Balaban J connectivity index is 2.13. The highest BCUT2D eigenvalue weighted by atomic mass is 79.9. The average molecular weight is 291 g/mol. The summed E-state index contributed by atoms with van der Waals surface area (Å²) in [6.07, 6.45) is -0.0376. The molecule has 1 fully saturated rings. The number of hydrogen-bond donors (Lipinski definition) is 1. The average Bonchev–Trinajstić information content (AvgIpc) is 2.99. The number of rotatable bonds is 4. The Kier molecular flexibility index (Phi) is 3.42. The molecule has 2 rings (SSSR count). The standard InChI is InChI=1S/C11H13BrF2N2/c1-6(7-2-3-7)15-10-5-8(11(13)14)4-9(12)16-10/h4-7,11H,2-3H2,1H3,(H,15,16)/t6-/m0/s1. The molecule has 0 radical (unpaired) electrons. The maximum atomic E-state index is 12.6. The predicted molar refractivity (Wildman–Crippen MR) is 62.7 cm³/mol. The number of nitrogens with zero attached hydrogens (tertiary/aromatic N) is 1. The highest BCUT2D eigenvalue weighted by Crippen LogP contribution is 2.34. The third kappa shape index (κ3) is 2.90. The second-order valence-corrected chi connectivity index (χ2v) is 4.99. The maximum Gasteiger partial charge on any atom is 0.264 e. The third-order valence-electron chi connectivity index (χ3n) is 2.77. The fraction of sp³-hybridized carbons (Fsp3) is 0.545. The third-order valence-corrected chi connectivity index (χ3v) is 3.18. The molecule has 0 spiro atoms. The van der Waals surface area contributed by atoms with Gasteiger partial charge in [0.2, 0.25) is 0 Å². The van der Waals surface area contributed by atoms with Crippen LogP contribution in [-0.2, 0) is 0 Å². The minimum absolute atomic E-state index is 0.00706. The Morgan fingerprint density at radius 3 is 2.69 bits per heavy atom. The van der Waals surface area contributed by atoms with Crippen molar-refractivity contribution in [1.29, 1.82) is 0 Å². The first-order valence-electron chi connectivity index (χ1n) is 5.28. The van der Waals surface area contributed by atoms with E-state index in [-0.39, 0.29) is 5.56 Å². The van der Waals surface area contributed by atoms with Crippen molar-refractivity contribution < 1.29 is 8.78 Å². The van der Waals surface area contributed by atoms with Crippen molar-refractivity contribution >= 4 is 21.7 Å². The van der Waals surface area contributed by atoms with Gasteiger partial charge in [-0.3, -0.25) is 0 Å². The molecule has 1 aliphatic carbocycles. The minimum atomic E-state index is -2.46. The van der Waals surface area contributed by atoms with Crippen molar-refractivity contribution in [2.24, 2.45) is 5.92 Å². The first kappa shape index (κ1) is 11.8. The van der Waals surface area contributed by atoms with Crippen molar-refractivity contribution in [3.05, 3.63) is 22.3 Å². The van der Waals surface area contributed by atoms with Crippen molar-refractivity contribution in [3.8, 4) is 0 Å². The molecule has 16 heavy (non-hydrogen) atoms. The van der Waals surface area contributed by atoms with Crippen molar-refractivity contribution in [2.75, 3.05) is 5.32 Å². The van der Waals surface area contributed by atoms with Crippen LogP contribution in [0.15, 0.2) is 16.7 Å². The van der Waals surface area contributed by atoms with Gasteiger partial charge in [0.1, 0.15) is 10.4 Å². The molecule has 1 heterocycles. The van der Waals surface area contributed by atoms with Crippen molar-refractivity contribution in [1.82, 2.24) is 4.98 Å². The van der Waals surface area contributed by atoms with Crippen LogP contribution in [0.25, 0.3) is 0 Å². The van der Waals surface area contributed by atoms with Crippen LogP contribution in [0.5, 0.6) is 0 Å². The van der Waals surface area contributed by atoms with Crippen LogP contribution in [0.4, 0.5) is 14.6 Å². The molecule has 0 aromatic carbocycles. The lowest BCUT2D eigenvalue weighted by atomic mass is 10.2. The number of hydrogen-bond acceptors (Lipinski definition) is 2. The van der Waals surface area contributed by atoms with Crippen molar-refractivity contribution in [3.63, 3.8) is 0 Å². The fourth-order valence-corrected chi connectivity index (χ4v) is 2.12. The highest BCUT2D eigenvalue weighted by Gasteiger charge is 2.28. The van der Waals surface area contributed by atoms with Crippen LogP contribution in [-0.4, -0.2) is 11.0 Å². The smallest absolute Gasteiger partial charge is 0.264 e. The molecule has 0 bridgehead atoms. The van der Waals surface area contributed by atoms with E-state index in [1.54, 1.807) is 0 Å². The maximum absolute atomic E-state index is 12.6. The van der Waals surface area contributed by atoms with Gasteiger partial charge in [-0.1, -0.05) is 0 Å². The summed E-state index contributed by atoms with van der Waals surface area (Å²) in [5, 5.41) is 3.17. The van der Waals surface area contributed by atoms with E-state index in [4.69, 9.17) is 0 Å². The lowest BCUT2D eigenvalue weighted by Crippen LogP contribution is -2.18. The Hall–Kier alpha value is -0.710. The van der Waals surface area contributed by atoms with Crippen LogP contribution < -0.4 is 5.32 Å². The molecule has 1 saturated carbocycles. The molecule has 0 aliphatic heterocycles. The van der Waals surface area contributed by atoms with Crippen molar-refractivity contribution in [2.45, 2.75) is 32.2 Å². The fourth-order valence-electron chi connectivity index (χ4n) is 1.66. The number of halogens is 3. The predicted octanol–water partition coefficient (Wildman–Crippen LogP) is 3.99. The van der Waals surface area contributed by atoms with E-state index in [1.165, 1.54) is 25.0 Å². The van der Waals surface area contributed by atoms with Gasteiger partial charge in [0, 0.05) is 11.6 Å².